The van der Waals surface area contributed by atoms with E-state index >= 15 is 0 Å². The third-order valence-electron chi connectivity index (χ3n) is 5.86. The van der Waals surface area contributed by atoms with Crippen LogP contribution in [0.25, 0.3) is 10.9 Å². The summed E-state index contributed by atoms with van der Waals surface area (Å²) in [7, 11) is 2.79. The average molecular weight is 532 g/mol. The number of amides is 1. The molecule has 4 rings (SSSR count). The maximum atomic E-state index is 13.7. The summed E-state index contributed by atoms with van der Waals surface area (Å²) < 4.78 is 6.06. The summed E-state index contributed by atoms with van der Waals surface area (Å²) in [4.78, 5) is 48.1. The SMILES string of the molecule is CCNc1ccc(N=C(C(=O)Nc2cc(C(=O)OC)ccc2Cl)c2nc3ccccc3c(=O)n2C)c(C)c1. The number of hydrogen-bond acceptors (Lipinski definition) is 7. The number of carbonyl (C=O) groups excluding carboxylic acids is 2. The van der Waals surface area contributed by atoms with Crippen LogP contribution >= 0.6 is 11.6 Å². The number of aliphatic imine (C=N–C) groups is 1. The van der Waals surface area contributed by atoms with Crippen LogP contribution in [0.2, 0.25) is 5.02 Å². The minimum absolute atomic E-state index is 0.0709. The van der Waals surface area contributed by atoms with Crippen LogP contribution in [0.1, 0.15) is 28.7 Å². The maximum Gasteiger partial charge on any atom is 0.337 e. The highest BCUT2D eigenvalue weighted by molar-refractivity contribution is 6.49. The number of esters is 1. The second-order valence-corrected chi connectivity index (χ2v) is 8.86. The number of aromatic nitrogens is 2. The zero-order chi connectivity index (χ0) is 27.4. The van der Waals surface area contributed by atoms with E-state index in [1.807, 2.05) is 26.0 Å². The van der Waals surface area contributed by atoms with Gasteiger partial charge in [-0.05, 0) is 67.9 Å². The number of benzene rings is 3. The van der Waals surface area contributed by atoms with Crippen LogP contribution < -0.4 is 16.2 Å². The summed E-state index contributed by atoms with van der Waals surface area (Å²) in [5, 5.41) is 6.58. The summed E-state index contributed by atoms with van der Waals surface area (Å²) in [6.07, 6.45) is 0. The molecule has 38 heavy (non-hydrogen) atoms. The van der Waals surface area contributed by atoms with Crippen LogP contribution in [0.3, 0.4) is 0 Å². The molecule has 1 amide bonds. The van der Waals surface area contributed by atoms with Gasteiger partial charge in [-0.3, -0.25) is 14.2 Å². The number of nitrogens with zero attached hydrogens (tertiary/aromatic N) is 3. The van der Waals surface area contributed by atoms with Gasteiger partial charge in [0.1, 0.15) is 0 Å². The Morgan fingerprint density at radius 3 is 2.58 bits per heavy atom. The fraction of sp³-hybridized carbons (Fsp3) is 0.179. The molecule has 1 heterocycles. The standard InChI is InChI=1S/C28H26ClN5O4/c1-5-30-18-11-13-21(16(2)14-18)31-24(25-32-22-9-7-6-8-19(22)27(36)34(25)3)26(35)33-23-15-17(28(37)38-4)10-12-20(23)29/h6-15,30H,5H2,1-4H3,(H,33,35). The van der Waals surface area contributed by atoms with Crippen molar-refractivity contribution in [2.45, 2.75) is 13.8 Å². The first kappa shape index (κ1) is 26.6. The van der Waals surface area contributed by atoms with Gasteiger partial charge < -0.3 is 15.4 Å². The highest BCUT2D eigenvalue weighted by atomic mass is 35.5. The predicted octanol–water partition coefficient (Wildman–Crippen LogP) is 4.87. The van der Waals surface area contributed by atoms with Crippen LogP contribution in [0.4, 0.5) is 17.1 Å². The van der Waals surface area contributed by atoms with Crippen LogP contribution in [0.5, 0.6) is 0 Å². The molecule has 0 fully saturated rings. The molecule has 0 saturated heterocycles. The van der Waals surface area contributed by atoms with E-state index in [4.69, 9.17) is 16.3 Å². The molecule has 0 bridgehead atoms. The zero-order valence-corrected chi connectivity index (χ0v) is 22.1. The summed E-state index contributed by atoms with van der Waals surface area (Å²) in [5.74, 6) is -1.18. The fourth-order valence-electron chi connectivity index (χ4n) is 3.89. The first-order valence-electron chi connectivity index (χ1n) is 11.8. The first-order chi connectivity index (χ1) is 18.2. The Morgan fingerprint density at radius 1 is 1.11 bits per heavy atom. The van der Waals surface area contributed by atoms with Crippen LogP contribution in [0.15, 0.2) is 70.5 Å². The number of halogens is 1. The third kappa shape index (κ3) is 5.42. The quantitative estimate of drug-likeness (QED) is 0.260. The van der Waals surface area contributed by atoms with Crippen molar-refractivity contribution in [3.05, 3.63) is 93.0 Å². The minimum atomic E-state index is -0.665. The first-order valence-corrected chi connectivity index (χ1v) is 12.2. The Balaban J connectivity index is 1.87. The Kier molecular flexibility index (Phi) is 7.87. The topological polar surface area (TPSA) is 115 Å². The zero-order valence-electron chi connectivity index (χ0n) is 21.3. The van der Waals surface area contributed by atoms with Gasteiger partial charge in [-0.1, -0.05) is 23.7 Å². The molecule has 194 valence electrons. The largest absolute Gasteiger partial charge is 0.465 e. The number of fused-ring (bicyclic) bond motifs is 1. The Hall–Kier alpha value is -4.50. The molecule has 0 unspecified atom stereocenters. The van der Waals surface area contributed by atoms with Crippen molar-refractivity contribution < 1.29 is 14.3 Å². The van der Waals surface area contributed by atoms with Crippen molar-refractivity contribution in [2.75, 3.05) is 24.3 Å². The number of aryl methyl sites for hydroxylation is 1. The van der Waals surface area contributed by atoms with Crippen molar-refractivity contribution in [1.82, 2.24) is 9.55 Å². The molecule has 4 aromatic rings. The molecule has 0 atom stereocenters. The van der Waals surface area contributed by atoms with Crippen molar-refractivity contribution >= 4 is 57.2 Å². The van der Waals surface area contributed by atoms with E-state index in [1.54, 1.807) is 30.3 Å². The lowest BCUT2D eigenvalue weighted by atomic mass is 10.1. The summed E-state index contributed by atoms with van der Waals surface area (Å²) in [6, 6.07) is 16.8. The number of ether oxygens (including phenoxy) is 1. The molecule has 10 heteroatoms. The number of carbonyl (C=O) groups is 2. The van der Waals surface area contributed by atoms with Crippen molar-refractivity contribution in [2.24, 2.45) is 12.0 Å². The van der Waals surface area contributed by atoms with E-state index in [1.165, 1.54) is 36.9 Å². The second-order valence-electron chi connectivity index (χ2n) is 8.45. The molecule has 2 N–H and O–H groups in total. The molecule has 0 aliphatic carbocycles. The van der Waals surface area contributed by atoms with Crippen LogP contribution in [0, 0.1) is 6.92 Å². The Morgan fingerprint density at radius 2 is 1.87 bits per heavy atom. The lowest BCUT2D eigenvalue weighted by molar-refractivity contribution is -0.110. The van der Waals surface area contributed by atoms with Gasteiger partial charge in [-0.15, -0.1) is 0 Å². The van der Waals surface area contributed by atoms with Gasteiger partial charge >= 0.3 is 5.97 Å². The summed E-state index contributed by atoms with van der Waals surface area (Å²) >= 11 is 6.32. The van der Waals surface area contributed by atoms with E-state index in [-0.39, 0.29) is 33.4 Å². The fourth-order valence-corrected chi connectivity index (χ4v) is 4.06. The normalized spacial score (nSPS) is 11.3. The van der Waals surface area contributed by atoms with Gasteiger partial charge in [-0.2, -0.15) is 0 Å². The highest BCUT2D eigenvalue weighted by Gasteiger charge is 2.23. The van der Waals surface area contributed by atoms with Crippen molar-refractivity contribution in [3.8, 4) is 0 Å². The molecule has 0 aliphatic rings. The monoisotopic (exact) mass is 531 g/mol. The van der Waals surface area contributed by atoms with Crippen LogP contribution in [-0.2, 0) is 16.6 Å². The molecule has 0 radical (unpaired) electrons. The molecule has 3 aromatic carbocycles. The van der Waals surface area contributed by atoms with E-state index < -0.39 is 11.9 Å². The van der Waals surface area contributed by atoms with Crippen molar-refractivity contribution in [3.63, 3.8) is 0 Å². The van der Waals surface area contributed by atoms with Gasteiger partial charge in [-0.25, -0.2) is 14.8 Å². The van der Waals surface area contributed by atoms with E-state index in [2.05, 4.69) is 20.6 Å². The van der Waals surface area contributed by atoms with Gasteiger partial charge in [0, 0.05) is 19.3 Å². The smallest absolute Gasteiger partial charge is 0.337 e. The molecule has 0 saturated carbocycles. The maximum absolute atomic E-state index is 13.7. The van der Waals surface area contributed by atoms with Gasteiger partial charge in [0.2, 0.25) is 0 Å². The highest BCUT2D eigenvalue weighted by Crippen LogP contribution is 2.26. The Labute approximate surface area is 224 Å². The molecule has 1 aromatic heterocycles. The molecule has 9 nitrogen and oxygen atoms in total. The summed E-state index contributed by atoms with van der Waals surface area (Å²) in [5.41, 5.74) is 2.63. The average Bonchev–Trinajstić information content (AvgIpc) is 2.91. The lowest BCUT2D eigenvalue weighted by Gasteiger charge is -2.14. The number of para-hydroxylation sites is 1. The van der Waals surface area contributed by atoms with Crippen LogP contribution in [-0.4, -0.2) is 40.8 Å². The molecular weight excluding hydrogens is 506 g/mol. The number of methoxy groups -OCH3 is 1. The molecule has 0 aliphatic heterocycles. The van der Waals surface area contributed by atoms with E-state index in [0.717, 1.165) is 17.8 Å². The van der Waals surface area contributed by atoms with E-state index in [9.17, 15) is 14.4 Å². The second kappa shape index (κ2) is 11.3. The predicted molar refractivity (Wildman–Crippen MR) is 150 cm³/mol. The molecular formula is C28H26ClN5O4. The van der Waals surface area contributed by atoms with E-state index in [0.29, 0.717) is 16.6 Å². The number of hydrogen-bond donors (Lipinski definition) is 2. The minimum Gasteiger partial charge on any atom is -0.465 e. The lowest BCUT2D eigenvalue weighted by Crippen LogP contribution is -2.32. The number of anilines is 2. The van der Waals surface area contributed by atoms with Gasteiger partial charge in [0.25, 0.3) is 11.5 Å². The number of rotatable bonds is 7. The van der Waals surface area contributed by atoms with Gasteiger partial charge in [0.15, 0.2) is 11.5 Å². The van der Waals surface area contributed by atoms with Gasteiger partial charge in [0.05, 0.1) is 40.0 Å². The third-order valence-corrected chi connectivity index (χ3v) is 6.19. The molecule has 0 spiro atoms. The van der Waals surface area contributed by atoms with Crippen molar-refractivity contribution in [1.29, 1.82) is 0 Å². The Bertz CT molecular complexity index is 1640. The number of nitrogens with one attached hydrogen (secondary N) is 2. The summed E-state index contributed by atoms with van der Waals surface area (Å²) in [6.45, 7) is 4.62.